The number of ether oxygens (including phenoxy) is 11. The molecule has 0 aromatic rings. The Bertz CT molecular complexity index is 1130. The van der Waals surface area contributed by atoms with Crippen LogP contribution in [0.25, 0.3) is 0 Å². The Hall–Kier alpha value is -3.45. The number of hydrogen-bond donors (Lipinski definition) is 0. The highest BCUT2D eigenvalue weighted by molar-refractivity contribution is 5.68. The lowest BCUT2D eigenvalue weighted by atomic mass is 9.96. The van der Waals surface area contributed by atoms with Crippen molar-refractivity contribution in [1.82, 2.24) is 0 Å². The van der Waals surface area contributed by atoms with Crippen molar-refractivity contribution in [2.24, 2.45) is 0 Å². The number of carbonyl (C=O) groups is 6. The van der Waals surface area contributed by atoms with Gasteiger partial charge in [-0.3, -0.25) is 28.8 Å². The second-order valence-electron chi connectivity index (χ2n) is 11.0. The molecule has 0 bridgehead atoms. The summed E-state index contributed by atoms with van der Waals surface area (Å²) in [6.07, 6.45) is -15.3. The van der Waals surface area contributed by atoms with Gasteiger partial charge in [-0.2, -0.15) is 0 Å². The molecule has 3 heterocycles. The van der Waals surface area contributed by atoms with Crippen LogP contribution in [0.15, 0.2) is 0 Å². The number of alkyl halides is 1. The van der Waals surface area contributed by atoms with Crippen LogP contribution in [0.4, 0.5) is 4.39 Å². The Morgan fingerprint density at radius 2 is 1.04 bits per heavy atom. The molecule has 0 aromatic carbocycles. The lowest BCUT2D eigenvalue weighted by molar-refractivity contribution is -0.362. The summed E-state index contributed by atoms with van der Waals surface area (Å²) in [5, 5.41) is 0. The topological polar surface area (TPSA) is 204 Å². The molecule has 17 nitrogen and oxygen atoms in total. The Kier molecular flexibility index (Phi) is 14.3. The Morgan fingerprint density at radius 3 is 1.53 bits per heavy atom. The molecule has 0 aliphatic carbocycles. The van der Waals surface area contributed by atoms with Crippen LogP contribution in [0, 0.1) is 0 Å². The van der Waals surface area contributed by atoms with E-state index in [1.54, 1.807) is 0 Å². The summed E-state index contributed by atoms with van der Waals surface area (Å²) in [4.78, 5) is 72.3. The second-order valence-corrected chi connectivity index (χ2v) is 11.0. The first-order chi connectivity index (χ1) is 22.2. The molecule has 47 heavy (non-hydrogen) atoms. The molecule has 3 fully saturated rings. The predicted molar refractivity (Wildman–Crippen MR) is 147 cm³/mol. The Balaban J connectivity index is 2.09. The van der Waals surface area contributed by atoms with Gasteiger partial charge in [0.1, 0.15) is 37.6 Å². The summed E-state index contributed by atoms with van der Waals surface area (Å²) in [5.74, 6) is -5.05. The molecule has 0 saturated carbocycles. The van der Waals surface area contributed by atoms with Gasteiger partial charge in [0.15, 0.2) is 37.0 Å². The zero-order valence-electron chi connectivity index (χ0n) is 26.9. The van der Waals surface area contributed by atoms with Gasteiger partial charge in [-0.15, -0.1) is 0 Å². The first kappa shape index (κ1) is 38.0. The lowest BCUT2D eigenvalue weighted by Crippen LogP contribution is -2.67. The van der Waals surface area contributed by atoms with E-state index in [9.17, 15) is 28.8 Å². The van der Waals surface area contributed by atoms with Crippen molar-refractivity contribution in [3.8, 4) is 0 Å². The minimum Gasteiger partial charge on any atom is -0.463 e. The average Bonchev–Trinajstić information content (AvgIpc) is 2.96. The predicted octanol–water partition coefficient (Wildman–Crippen LogP) is 0.556. The van der Waals surface area contributed by atoms with Crippen LogP contribution in [0.5, 0.6) is 0 Å². The molecule has 266 valence electrons. The fourth-order valence-corrected chi connectivity index (χ4v) is 5.28. The van der Waals surface area contributed by atoms with Crippen molar-refractivity contribution in [3.63, 3.8) is 0 Å². The molecule has 11 unspecified atom stereocenters. The van der Waals surface area contributed by atoms with E-state index in [0.29, 0.717) is 13.0 Å². The van der Waals surface area contributed by atoms with Gasteiger partial charge < -0.3 is 52.1 Å². The third-order valence-electron chi connectivity index (χ3n) is 7.02. The highest BCUT2D eigenvalue weighted by atomic mass is 19.1. The minimum atomic E-state index is -2.38. The van der Waals surface area contributed by atoms with E-state index in [1.165, 1.54) is 0 Å². The van der Waals surface area contributed by atoms with E-state index in [-0.39, 0.29) is 0 Å². The van der Waals surface area contributed by atoms with E-state index >= 15 is 4.39 Å². The maximum Gasteiger partial charge on any atom is 0.303 e. The van der Waals surface area contributed by atoms with Gasteiger partial charge in [0.2, 0.25) is 6.36 Å². The molecule has 0 radical (unpaired) electrons. The molecule has 18 heteroatoms. The Morgan fingerprint density at radius 1 is 0.574 bits per heavy atom. The van der Waals surface area contributed by atoms with Gasteiger partial charge in [-0.1, -0.05) is 0 Å². The van der Waals surface area contributed by atoms with Gasteiger partial charge >= 0.3 is 35.8 Å². The highest BCUT2D eigenvalue weighted by Gasteiger charge is 2.57. The third kappa shape index (κ3) is 11.3. The molecule has 11 atom stereocenters. The van der Waals surface area contributed by atoms with Crippen molar-refractivity contribution in [3.05, 3.63) is 0 Å². The van der Waals surface area contributed by atoms with Gasteiger partial charge in [0.05, 0.1) is 0 Å². The van der Waals surface area contributed by atoms with Crippen molar-refractivity contribution < 1.29 is 85.3 Å². The molecule has 3 rings (SSSR count). The fraction of sp³-hybridized carbons (Fsp3) is 0.793. The maximum absolute atomic E-state index is 15.3. The van der Waals surface area contributed by atoms with E-state index in [0.717, 1.165) is 54.4 Å². The van der Waals surface area contributed by atoms with Crippen LogP contribution in [0.1, 0.15) is 60.8 Å². The second kappa shape index (κ2) is 17.6. The smallest absolute Gasteiger partial charge is 0.303 e. The molecule has 3 aliphatic heterocycles. The SMILES string of the molecule is CC(=O)OCC1OC(F)C(OC(C)=O)C(OC(C)=O)C1OC1OC(COC(C)=O)C(OC2CCCCO2)C(OC(C)=O)C1OC(C)=O. The molecule has 3 saturated heterocycles. The van der Waals surface area contributed by atoms with Crippen LogP contribution in [-0.4, -0.2) is 123 Å². The summed E-state index contributed by atoms with van der Waals surface area (Å²) in [6, 6.07) is 0. The molecular formula is C29H41FO17. The summed E-state index contributed by atoms with van der Waals surface area (Å²) >= 11 is 0. The van der Waals surface area contributed by atoms with Crippen LogP contribution < -0.4 is 0 Å². The number of carbonyl (C=O) groups excluding carboxylic acids is 6. The Labute approximate surface area is 269 Å². The quantitative estimate of drug-likeness (QED) is 0.204. The largest absolute Gasteiger partial charge is 0.463 e. The maximum atomic E-state index is 15.3. The fourth-order valence-electron chi connectivity index (χ4n) is 5.28. The molecule has 0 spiro atoms. The van der Waals surface area contributed by atoms with Crippen molar-refractivity contribution in [1.29, 1.82) is 0 Å². The number of hydrogen-bond acceptors (Lipinski definition) is 17. The van der Waals surface area contributed by atoms with Crippen LogP contribution in [-0.2, 0) is 80.9 Å². The van der Waals surface area contributed by atoms with E-state index in [2.05, 4.69) is 0 Å². The third-order valence-corrected chi connectivity index (χ3v) is 7.02. The van der Waals surface area contributed by atoms with Gasteiger partial charge in [-0.25, -0.2) is 4.39 Å². The molecular weight excluding hydrogens is 639 g/mol. The summed E-state index contributed by atoms with van der Waals surface area (Å²) in [6.45, 7) is 5.65. The average molecular weight is 681 g/mol. The number of halogens is 1. The summed E-state index contributed by atoms with van der Waals surface area (Å²) in [7, 11) is 0. The molecule has 3 aliphatic rings. The summed E-state index contributed by atoms with van der Waals surface area (Å²) < 4.78 is 76.5. The zero-order valence-corrected chi connectivity index (χ0v) is 26.9. The van der Waals surface area contributed by atoms with Crippen molar-refractivity contribution in [2.75, 3.05) is 19.8 Å². The van der Waals surface area contributed by atoms with Crippen molar-refractivity contribution in [2.45, 2.75) is 129 Å². The first-order valence-electron chi connectivity index (χ1n) is 15.0. The van der Waals surface area contributed by atoms with Crippen LogP contribution in [0.3, 0.4) is 0 Å². The van der Waals surface area contributed by atoms with Gasteiger partial charge in [0, 0.05) is 48.1 Å². The minimum absolute atomic E-state index is 0.381. The van der Waals surface area contributed by atoms with E-state index in [1.807, 2.05) is 0 Å². The van der Waals surface area contributed by atoms with Gasteiger partial charge in [-0.05, 0) is 19.3 Å². The molecule has 0 aromatic heterocycles. The highest BCUT2D eigenvalue weighted by Crippen LogP contribution is 2.36. The van der Waals surface area contributed by atoms with Crippen molar-refractivity contribution >= 4 is 35.8 Å². The monoisotopic (exact) mass is 680 g/mol. The normalized spacial score (nSPS) is 33.9. The van der Waals surface area contributed by atoms with E-state index < -0.39 is 117 Å². The zero-order chi connectivity index (χ0) is 34.8. The molecule has 0 amide bonds. The van der Waals surface area contributed by atoms with Crippen LogP contribution >= 0.6 is 0 Å². The first-order valence-corrected chi connectivity index (χ1v) is 15.0. The number of rotatable bonds is 12. The standard InChI is InChI=1S/C29H41FO17/c1-13(31)38-11-19-23(24(40-15(3)33)26(28(30)44-19)42-17(5)35)47-29-27(43-18(6)36)25(41-16(4)34)22(20(45-29)12-39-14(2)32)46-21-9-7-8-10-37-21/h19-29H,7-12H2,1-6H3. The van der Waals surface area contributed by atoms with E-state index in [4.69, 9.17) is 52.1 Å². The summed E-state index contributed by atoms with van der Waals surface area (Å²) in [5.41, 5.74) is 0. The van der Waals surface area contributed by atoms with Crippen LogP contribution in [0.2, 0.25) is 0 Å². The lowest BCUT2D eigenvalue weighted by Gasteiger charge is -2.48. The van der Waals surface area contributed by atoms with Gasteiger partial charge in [0.25, 0.3) is 0 Å². The molecule has 0 N–H and O–H groups in total. The number of esters is 6.